The molecule has 1 aromatic carbocycles. The van der Waals surface area contributed by atoms with Crippen molar-refractivity contribution in [2.45, 2.75) is 61.9 Å². The van der Waals surface area contributed by atoms with Crippen LogP contribution in [0.2, 0.25) is 0 Å². The van der Waals surface area contributed by atoms with E-state index in [1.807, 2.05) is 30.3 Å². The average molecular weight is 438 g/mol. The van der Waals surface area contributed by atoms with Crippen molar-refractivity contribution in [3.8, 4) is 0 Å². The van der Waals surface area contributed by atoms with E-state index in [-0.39, 0.29) is 13.0 Å². The molecule has 0 spiro atoms. The Morgan fingerprint density at radius 2 is 1.87 bits per heavy atom. The van der Waals surface area contributed by atoms with Crippen molar-refractivity contribution in [3.63, 3.8) is 0 Å². The van der Waals surface area contributed by atoms with Crippen LogP contribution < -0.4 is 10.6 Å². The van der Waals surface area contributed by atoms with Gasteiger partial charge in [-0.1, -0.05) is 30.3 Å². The van der Waals surface area contributed by atoms with Crippen LogP contribution >= 0.6 is 0 Å². The molecule has 4 atom stereocenters. The summed E-state index contributed by atoms with van der Waals surface area (Å²) in [5.41, 5.74) is 0.939. The summed E-state index contributed by atoms with van der Waals surface area (Å²) in [7, 11) is -3.70. The first-order valence-corrected chi connectivity index (χ1v) is 11.4. The number of β-lactam (4-membered cyclic amide) rings is 1. The molecular weight excluding hydrogens is 410 g/mol. The second-order valence-electron chi connectivity index (χ2n) is 8.32. The minimum atomic E-state index is -3.70. The zero-order chi connectivity index (χ0) is 22.3. The van der Waals surface area contributed by atoms with Gasteiger partial charge in [-0.3, -0.25) is 14.4 Å². The van der Waals surface area contributed by atoms with Gasteiger partial charge in [-0.05, 0) is 32.8 Å². The molecule has 3 amide bonds. The summed E-state index contributed by atoms with van der Waals surface area (Å²) < 4.78 is 23.8. The summed E-state index contributed by atoms with van der Waals surface area (Å²) in [6.07, 6.45) is 0.296. The number of carbonyl (C=O) groups excluding carboxylic acids is 3. The van der Waals surface area contributed by atoms with Gasteiger partial charge in [-0.15, -0.1) is 0 Å². The highest BCUT2D eigenvalue weighted by atomic mass is 32.2. The van der Waals surface area contributed by atoms with Crippen LogP contribution in [0.25, 0.3) is 0 Å². The summed E-state index contributed by atoms with van der Waals surface area (Å²) in [6.45, 7) is 4.03. The van der Waals surface area contributed by atoms with Crippen LogP contribution in [0.4, 0.5) is 0 Å². The van der Waals surface area contributed by atoms with Crippen molar-refractivity contribution in [2.75, 3.05) is 6.61 Å². The first-order valence-electron chi connectivity index (χ1n) is 9.81. The van der Waals surface area contributed by atoms with Gasteiger partial charge in [0, 0.05) is 0 Å². The smallest absolute Gasteiger partial charge is 0.245 e. The second-order valence-corrected chi connectivity index (χ2v) is 11.0. The van der Waals surface area contributed by atoms with E-state index in [4.69, 9.17) is 0 Å². The van der Waals surface area contributed by atoms with E-state index in [9.17, 15) is 27.9 Å². The van der Waals surface area contributed by atoms with Crippen LogP contribution in [0.5, 0.6) is 0 Å². The summed E-state index contributed by atoms with van der Waals surface area (Å²) in [6, 6.07) is 6.63. The van der Waals surface area contributed by atoms with Crippen LogP contribution in [-0.4, -0.2) is 71.0 Å². The predicted octanol–water partition coefficient (Wildman–Crippen LogP) is -0.655. The molecule has 0 radical (unpaired) electrons. The number of nitrogens with zero attached hydrogens (tertiary/aromatic N) is 1. The Bertz CT molecular complexity index is 947. The Balaban J connectivity index is 1.65. The SMILES string of the molecule is CC(NC(=O)C1N2C(=O)CC2S(=O)(=O)C1(C)C)C(=O)NC(CO)Cc1ccccc1. The third kappa shape index (κ3) is 3.69. The lowest BCUT2D eigenvalue weighted by Crippen LogP contribution is -2.61. The molecule has 4 unspecified atom stereocenters. The normalized spacial score (nSPS) is 25.6. The predicted molar refractivity (Wildman–Crippen MR) is 109 cm³/mol. The van der Waals surface area contributed by atoms with Crippen molar-refractivity contribution in [1.82, 2.24) is 15.5 Å². The van der Waals surface area contributed by atoms with E-state index in [1.165, 1.54) is 20.8 Å². The Morgan fingerprint density at radius 1 is 1.23 bits per heavy atom. The number of nitrogens with one attached hydrogen (secondary N) is 2. The molecule has 3 N–H and O–H groups in total. The third-order valence-corrected chi connectivity index (χ3v) is 8.67. The third-order valence-electron chi connectivity index (χ3n) is 5.87. The highest BCUT2D eigenvalue weighted by Gasteiger charge is 2.67. The number of aliphatic hydroxyl groups excluding tert-OH is 1. The monoisotopic (exact) mass is 437 g/mol. The Hall–Kier alpha value is -2.46. The zero-order valence-electron chi connectivity index (χ0n) is 17.2. The molecule has 1 aromatic rings. The van der Waals surface area contributed by atoms with Gasteiger partial charge in [0.2, 0.25) is 17.7 Å². The number of benzene rings is 1. The van der Waals surface area contributed by atoms with Crippen LogP contribution in [0, 0.1) is 0 Å². The van der Waals surface area contributed by atoms with Gasteiger partial charge in [0.15, 0.2) is 9.84 Å². The van der Waals surface area contributed by atoms with Crippen molar-refractivity contribution in [2.24, 2.45) is 0 Å². The number of aliphatic hydroxyl groups is 1. The number of fused-ring (bicyclic) bond motifs is 1. The van der Waals surface area contributed by atoms with Crippen molar-refractivity contribution in [3.05, 3.63) is 35.9 Å². The van der Waals surface area contributed by atoms with E-state index >= 15 is 0 Å². The molecule has 0 saturated carbocycles. The molecule has 2 saturated heterocycles. The van der Waals surface area contributed by atoms with Gasteiger partial charge in [-0.25, -0.2) is 8.42 Å². The zero-order valence-corrected chi connectivity index (χ0v) is 18.0. The van der Waals surface area contributed by atoms with E-state index in [0.717, 1.165) is 10.5 Å². The highest BCUT2D eigenvalue weighted by Crippen LogP contribution is 2.45. The van der Waals surface area contributed by atoms with E-state index in [1.54, 1.807) is 0 Å². The van der Waals surface area contributed by atoms with Crippen LogP contribution in [0.15, 0.2) is 30.3 Å². The number of hydrogen-bond acceptors (Lipinski definition) is 6. The second kappa shape index (κ2) is 7.99. The molecule has 164 valence electrons. The molecule has 2 heterocycles. The van der Waals surface area contributed by atoms with Gasteiger partial charge in [0.1, 0.15) is 17.5 Å². The lowest BCUT2D eigenvalue weighted by Gasteiger charge is -2.37. The van der Waals surface area contributed by atoms with Gasteiger partial charge in [-0.2, -0.15) is 0 Å². The molecule has 0 aromatic heterocycles. The van der Waals surface area contributed by atoms with Crippen molar-refractivity contribution < 1.29 is 27.9 Å². The van der Waals surface area contributed by atoms with Crippen molar-refractivity contribution >= 4 is 27.6 Å². The fraction of sp³-hybridized carbons (Fsp3) is 0.550. The molecule has 2 aliphatic rings. The van der Waals surface area contributed by atoms with Crippen LogP contribution in [0.1, 0.15) is 32.8 Å². The lowest BCUT2D eigenvalue weighted by molar-refractivity contribution is -0.150. The molecule has 3 rings (SSSR count). The minimum Gasteiger partial charge on any atom is -0.394 e. The Morgan fingerprint density at radius 3 is 2.43 bits per heavy atom. The molecule has 0 aliphatic carbocycles. The molecule has 30 heavy (non-hydrogen) atoms. The lowest BCUT2D eigenvalue weighted by atomic mass is 9.97. The molecule has 9 nitrogen and oxygen atoms in total. The van der Waals surface area contributed by atoms with Crippen LogP contribution in [-0.2, 0) is 30.6 Å². The average Bonchev–Trinajstić information content (AvgIpc) is 2.81. The fourth-order valence-electron chi connectivity index (χ4n) is 4.00. The number of rotatable bonds is 7. The van der Waals surface area contributed by atoms with E-state index in [2.05, 4.69) is 10.6 Å². The van der Waals surface area contributed by atoms with E-state index in [0.29, 0.717) is 6.42 Å². The van der Waals surface area contributed by atoms with Gasteiger partial charge < -0.3 is 20.6 Å². The molecule has 2 aliphatic heterocycles. The molecule has 0 bridgehead atoms. The molecule has 2 fully saturated rings. The van der Waals surface area contributed by atoms with Gasteiger partial charge >= 0.3 is 0 Å². The molecule has 10 heteroatoms. The molecular formula is C20H27N3O6S. The van der Waals surface area contributed by atoms with Gasteiger partial charge in [0.05, 0.1) is 23.8 Å². The maximum Gasteiger partial charge on any atom is 0.245 e. The summed E-state index contributed by atoms with van der Waals surface area (Å²) in [4.78, 5) is 38.4. The van der Waals surface area contributed by atoms with Gasteiger partial charge in [0.25, 0.3) is 0 Å². The van der Waals surface area contributed by atoms with Crippen LogP contribution in [0.3, 0.4) is 0 Å². The Labute approximate surface area is 175 Å². The minimum absolute atomic E-state index is 0.122. The first-order chi connectivity index (χ1) is 14.0. The summed E-state index contributed by atoms with van der Waals surface area (Å²) in [5.74, 6) is -1.59. The number of hydrogen-bond donors (Lipinski definition) is 3. The summed E-state index contributed by atoms with van der Waals surface area (Å²) in [5, 5.41) is 13.8. The maximum absolute atomic E-state index is 12.8. The summed E-state index contributed by atoms with van der Waals surface area (Å²) >= 11 is 0. The maximum atomic E-state index is 12.8. The van der Waals surface area contributed by atoms with E-state index < -0.39 is 55.8 Å². The van der Waals surface area contributed by atoms with Crippen molar-refractivity contribution in [1.29, 1.82) is 0 Å². The number of carbonyl (C=O) groups is 3. The number of amides is 3. The quantitative estimate of drug-likeness (QED) is 0.486. The Kier molecular flexibility index (Phi) is 5.92. The first kappa shape index (κ1) is 22.2. The fourth-order valence-corrected chi connectivity index (χ4v) is 6.13. The largest absolute Gasteiger partial charge is 0.394 e. The topological polar surface area (TPSA) is 133 Å². The highest BCUT2D eigenvalue weighted by molar-refractivity contribution is 7.93. The number of sulfone groups is 1. The standard InChI is InChI=1S/C20H27N3O6S/c1-12(18(26)22-14(11-24)9-13-7-5-4-6-8-13)21-19(27)17-20(2,3)30(28,29)16-10-15(25)23(16)17/h4-8,12,14,16-17,24H,9-11H2,1-3H3,(H,21,27)(H,22,26).